The molecule has 0 spiro atoms. The zero-order chi connectivity index (χ0) is 32.4. The molecule has 0 radical (unpaired) electrons. The van der Waals surface area contributed by atoms with E-state index in [9.17, 15) is 33.1 Å². The number of nitrogens with zero attached hydrogens (tertiary/aromatic N) is 3. The molecule has 1 saturated heterocycles. The predicted octanol–water partition coefficient (Wildman–Crippen LogP) is 6.29. The molecule has 1 N–H and O–H groups in total. The average molecular weight is 616 g/mol. The monoisotopic (exact) mass is 615 g/mol. The van der Waals surface area contributed by atoms with E-state index in [1.807, 2.05) is 26.8 Å². The van der Waals surface area contributed by atoms with E-state index in [2.05, 4.69) is 0 Å². The molecule has 0 atom stereocenters. The molecule has 2 aromatic heterocycles. The number of alkyl halides is 2. The van der Waals surface area contributed by atoms with Crippen LogP contribution in [0.1, 0.15) is 121 Å². The molecule has 9 nitrogen and oxygen atoms in total. The summed E-state index contributed by atoms with van der Waals surface area (Å²) in [5.74, 6) is -5.37. The molecule has 240 valence electrons. The molecule has 0 aromatic carbocycles. The number of amides is 3. The molecule has 2 saturated carbocycles. The number of pyridine rings is 1. The second-order valence-corrected chi connectivity index (χ2v) is 14.8. The fourth-order valence-electron chi connectivity index (χ4n) is 6.91. The van der Waals surface area contributed by atoms with Crippen LogP contribution in [0.25, 0.3) is 11.1 Å². The number of imide groups is 1. The third-order valence-electron chi connectivity index (χ3n) is 10.1. The standard InChI is InChI=1S/C33H43F2N3O6/c1-30(2,3)21-17-22(19-9-13-33(34,35)14-10-19)36-23-18-24(44-25(21)23)27(40)38-16-15-37(28(41)31(38,4)5)26(39)20-7-11-32(6,12-8-20)29(42)43/h17-20H,7-16H2,1-6H3,(H,42,43). The number of hydrogen-bond donors (Lipinski definition) is 1. The van der Waals surface area contributed by atoms with Crippen LogP contribution in [0, 0.1) is 11.3 Å². The van der Waals surface area contributed by atoms with Gasteiger partial charge in [-0.2, -0.15) is 0 Å². The Kier molecular flexibility index (Phi) is 7.94. The van der Waals surface area contributed by atoms with Gasteiger partial charge in [0.25, 0.3) is 11.8 Å². The van der Waals surface area contributed by atoms with E-state index in [4.69, 9.17) is 9.40 Å². The number of hydrogen-bond acceptors (Lipinski definition) is 6. The van der Waals surface area contributed by atoms with Gasteiger partial charge in [-0.3, -0.25) is 24.1 Å². The lowest BCUT2D eigenvalue weighted by molar-refractivity contribution is -0.161. The van der Waals surface area contributed by atoms with Crippen molar-refractivity contribution in [2.45, 2.75) is 116 Å². The Bertz CT molecular complexity index is 1490. The normalized spacial score (nSPS) is 26.2. The van der Waals surface area contributed by atoms with E-state index < -0.39 is 40.6 Å². The summed E-state index contributed by atoms with van der Waals surface area (Å²) < 4.78 is 33.8. The van der Waals surface area contributed by atoms with E-state index in [-0.39, 0.29) is 48.9 Å². The summed E-state index contributed by atoms with van der Waals surface area (Å²) in [6, 6.07) is 3.48. The first-order valence-electron chi connectivity index (χ1n) is 15.6. The van der Waals surface area contributed by atoms with Crippen molar-refractivity contribution >= 4 is 34.8 Å². The number of fused-ring (bicyclic) bond motifs is 1. The Labute approximate surface area is 256 Å². The van der Waals surface area contributed by atoms with Crippen LogP contribution < -0.4 is 0 Å². The molecule has 3 fully saturated rings. The van der Waals surface area contributed by atoms with Gasteiger partial charge in [0.1, 0.15) is 11.1 Å². The van der Waals surface area contributed by atoms with Crippen LogP contribution in [0.15, 0.2) is 16.5 Å². The summed E-state index contributed by atoms with van der Waals surface area (Å²) in [6.07, 6.45) is 1.80. The van der Waals surface area contributed by atoms with Crippen LogP contribution in [0.5, 0.6) is 0 Å². The van der Waals surface area contributed by atoms with Crippen LogP contribution in [-0.2, 0) is 19.8 Å². The number of piperazine rings is 1. The number of carbonyl (C=O) groups excluding carboxylic acids is 3. The number of aromatic nitrogens is 1. The maximum absolute atomic E-state index is 13.9. The lowest BCUT2D eigenvalue weighted by Gasteiger charge is -2.46. The lowest BCUT2D eigenvalue weighted by atomic mass is 9.71. The van der Waals surface area contributed by atoms with Crippen molar-refractivity contribution in [2.75, 3.05) is 13.1 Å². The zero-order valence-corrected chi connectivity index (χ0v) is 26.5. The molecule has 5 rings (SSSR count). The predicted molar refractivity (Wildman–Crippen MR) is 158 cm³/mol. The van der Waals surface area contributed by atoms with Gasteiger partial charge in [0, 0.05) is 55.1 Å². The Morgan fingerprint density at radius 2 is 1.59 bits per heavy atom. The minimum atomic E-state index is -2.65. The fourth-order valence-corrected chi connectivity index (χ4v) is 6.91. The van der Waals surface area contributed by atoms with E-state index >= 15 is 0 Å². The van der Waals surface area contributed by atoms with Crippen molar-refractivity contribution in [3.05, 3.63) is 29.2 Å². The average Bonchev–Trinajstić information content (AvgIpc) is 3.37. The summed E-state index contributed by atoms with van der Waals surface area (Å²) in [4.78, 5) is 60.0. The molecule has 0 bridgehead atoms. The molecule has 3 heterocycles. The lowest BCUT2D eigenvalue weighted by Crippen LogP contribution is -2.66. The van der Waals surface area contributed by atoms with Gasteiger partial charge in [0.15, 0.2) is 11.3 Å². The molecule has 44 heavy (non-hydrogen) atoms. The maximum Gasteiger partial charge on any atom is 0.309 e. The van der Waals surface area contributed by atoms with Crippen molar-refractivity contribution in [2.24, 2.45) is 11.3 Å². The molecule has 0 unspecified atom stereocenters. The smallest absolute Gasteiger partial charge is 0.309 e. The van der Waals surface area contributed by atoms with Crippen LogP contribution >= 0.6 is 0 Å². The van der Waals surface area contributed by atoms with Crippen LogP contribution in [0.2, 0.25) is 0 Å². The number of furan rings is 1. The number of halogens is 2. The van der Waals surface area contributed by atoms with Crippen molar-refractivity contribution in [3.8, 4) is 0 Å². The first-order valence-corrected chi connectivity index (χ1v) is 15.6. The van der Waals surface area contributed by atoms with Gasteiger partial charge in [-0.1, -0.05) is 20.8 Å². The molecule has 3 aliphatic rings. The highest BCUT2D eigenvalue weighted by Gasteiger charge is 2.49. The molecule has 2 aliphatic carbocycles. The molecule has 2 aromatic rings. The first-order chi connectivity index (χ1) is 20.3. The zero-order valence-electron chi connectivity index (χ0n) is 26.5. The number of carboxylic acids is 1. The number of carboxylic acid groups (broad SMARTS) is 1. The number of aliphatic carboxylic acids is 1. The number of carbonyl (C=O) groups is 4. The molecule has 11 heteroatoms. The highest BCUT2D eigenvalue weighted by atomic mass is 19.3. The van der Waals surface area contributed by atoms with Gasteiger partial charge in [-0.05, 0) is 70.8 Å². The third kappa shape index (κ3) is 5.74. The topological polar surface area (TPSA) is 121 Å². The Balaban J connectivity index is 1.37. The maximum atomic E-state index is 13.9. The van der Waals surface area contributed by atoms with E-state index in [0.717, 1.165) is 5.56 Å². The third-order valence-corrected chi connectivity index (χ3v) is 10.1. The molecule has 3 amide bonds. The summed E-state index contributed by atoms with van der Waals surface area (Å²) in [7, 11) is 0. The SMILES string of the molecule is CC1(C(=O)O)CCC(C(=O)N2CCN(C(=O)c3cc4nc(C5CCC(F)(F)CC5)cc(C(C)(C)C)c4o3)C(C)(C)C2=O)CC1. The Morgan fingerprint density at radius 1 is 0.977 bits per heavy atom. The summed E-state index contributed by atoms with van der Waals surface area (Å²) >= 11 is 0. The summed E-state index contributed by atoms with van der Waals surface area (Å²) in [5.41, 5.74) is -0.128. The van der Waals surface area contributed by atoms with Crippen LogP contribution in [0.3, 0.4) is 0 Å². The van der Waals surface area contributed by atoms with E-state index in [1.54, 1.807) is 26.8 Å². The van der Waals surface area contributed by atoms with Crippen molar-refractivity contribution in [1.82, 2.24) is 14.8 Å². The van der Waals surface area contributed by atoms with Crippen molar-refractivity contribution < 1.29 is 37.5 Å². The Hall–Kier alpha value is -3.37. The van der Waals surface area contributed by atoms with Gasteiger partial charge in [0.2, 0.25) is 11.8 Å². The van der Waals surface area contributed by atoms with Gasteiger partial charge in [-0.15, -0.1) is 0 Å². The summed E-state index contributed by atoms with van der Waals surface area (Å²) in [6.45, 7) is 11.1. The van der Waals surface area contributed by atoms with Crippen LogP contribution in [-0.4, -0.2) is 68.1 Å². The van der Waals surface area contributed by atoms with Gasteiger partial charge < -0.3 is 14.4 Å². The van der Waals surface area contributed by atoms with Gasteiger partial charge in [-0.25, -0.2) is 13.8 Å². The molecular formula is C33H43F2N3O6. The van der Waals surface area contributed by atoms with Gasteiger partial charge in [0.05, 0.1) is 5.41 Å². The fraction of sp³-hybridized carbons (Fsp3) is 0.667. The minimum absolute atomic E-state index is 0.0196. The second-order valence-electron chi connectivity index (χ2n) is 14.8. The Morgan fingerprint density at radius 3 is 2.16 bits per heavy atom. The van der Waals surface area contributed by atoms with E-state index in [1.165, 1.54) is 9.80 Å². The molecular weight excluding hydrogens is 572 g/mol. The van der Waals surface area contributed by atoms with Crippen molar-refractivity contribution in [1.29, 1.82) is 0 Å². The first kappa shape index (κ1) is 32.0. The van der Waals surface area contributed by atoms with Crippen molar-refractivity contribution in [3.63, 3.8) is 0 Å². The van der Waals surface area contributed by atoms with E-state index in [0.29, 0.717) is 55.3 Å². The van der Waals surface area contributed by atoms with Gasteiger partial charge >= 0.3 is 5.97 Å². The second kappa shape index (κ2) is 10.9. The molecule has 1 aliphatic heterocycles. The summed E-state index contributed by atoms with van der Waals surface area (Å²) in [5, 5.41) is 9.52. The minimum Gasteiger partial charge on any atom is -0.481 e. The highest BCUT2D eigenvalue weighted by molar-refractivity contribution is 6.05. The quantitative estimate of drug-likeness (QED) is 0.402. The highest BCUT2D eigenvalue weighted by Crippen LogP contribution is 2.43. The number of rotatable bonds is 4. The largest absolute Gasteiger partial charge is 0.481 e. The van der Waals surface area contributed by atoms with Crippen LogP contribution in [0.4, 0.5) is 8.78 Å².